The third-order valence-corrected chi connectivity index (χ3v) is 2.79. The van der Waals surface area contributed by atoms with Crippen LogP contribution in [0.1, 0.15) is 18.1 Å². The molecule has 6 nitrogen and oxygen atoms in total. The van der Waals surface area contributed by atoms with Gasteiger partial charge in [-0.25, -0.2) is 4.98 Å². The van der Waals surface area contributed by atoms with E-state index in [1.807, 2.05) is 31.2 Å². The number of nitrogen functional groups attached to an aromatic ring is 1. The molecule has 0 atom stereocenters. The molecule has 1 aromatic carbocycles. The second-order valence-corrected chi connectivity index (χ2v) is 4.20. The maximum absolute atomic E-state index is 8.99. The van der Waals surface area contributed by atoms with Crippen LogP contribution in [-0.2, 0) is 13.2 Å². The van der Waals surface area contributed by atoms with Gasteiger partial charge in [0.25, 0.3) is 0 Å². The van der Waals surface area contributed by atoms with Crippen molar-refractivity contribution in [2.75, 3.05) is 17.7 Å². The summed E-state index contributed by atoms with van der Waals surface area (Å²) in [7, 11) is 0. The third-order valence-electron chi connectivity index (χ3n) is 2.79. The van der Waals surface area contributed by atoms with E-state index in [0.29, 0.717) is 30.5 Å². The summed E-state index contributed by atoms with van der Waals surface area (Å²) in [6.45, 7) is 3.00. The number of nitrogens with two attached hydrogens (primary N) is 1. The Morgan fingerprint density at radius 2 is 1.90 bits per heavy atom. The van der Waals surface area contributed by atoms with Crippen molar-refractivity contribution in [1.29, 1.82) is 0 Å². The van der Waals surface area contributed by atoms with Gasteiger partial charge < -0.3 is 20.9 Å². The van der Waals surface area contributed by atoms with Gasteiger partial charge in [-0.3, -0.25) is 0 Å². The summed E-state index contributed by atoms with van der Waals surface area (Å²) in [6.07, 6.45) is 1.42. The number of nitrogens with zero attached hydrogens (tertiary/aromatic N) is 2. The molecule has 6 heteroatoms. The zero-order valence-corrected chi connectivity index (χ0v) is 11.3. The minimum Gasteiger partial charge on any atom is -0.476 e. The molecule has 0 aliphatic heterocycles. The Balaban J connectivity index is 2.04. The molecule has 0 radical (unpaired) electrons. The maximum Gasteiger partial charge on any atom is 0.242 e. The molecule has 0 unspecified atom stereocenters. The molecule has 0 aliphatic rings. The van der Waals surface area contributed by atoms with Crippen molar-refractivity contribution >= 4 is 11.5 Å². The standard InChI is InChI=1S/C14H18N4O2/c1-2-20-14-12(15)13(17-9-18-14)16-7-10-3-5-11(8-19)6-4-10/h3-6,9,19H,2,7-8,15H2,1H3,(H,16,17,18). The molecule has 20 heavy (non-hydrogen) atoms. The smallest absolute Gasteiger partial charge is 0.242 e. The van der Waals surface area contributed by atoms with Crippen LogP contribution in [0.4, 0.5) is 11.5 Å². The normalized spacial score (nSPS) is 10.3. The van der Waals surface area contributed by atoms with Crippen molar-refractivity contribution in [1.82, 2.24) is 9.97 Å². The molecule has 0 bridgehead atoms. The highest BCUT2D eigenvalue weighted by Gasteiger charge is 2.08. The lowest BCUT2D eigenvalue weighted by Gasteiger charge is -2.11. The highest BCUT2D eigenvalue weighted by Crippen LogP contribution is 2.24. The second kappa shape index (κ2) is 6.72. The lowest BCUT2D eigenvalue weighted by molar-refractivity contribution is 0.282. The van der Waals surface area contributed by atoms with E-state index in [9.17, 15) is 0 Å². The van der Waals surface area contributed by atoms with Crippen molar-refractivity contribution < 1.29 is 9.84 Å². The molecule has 2 aromatic rings. The van der Waals surface area contributed by atoms with Crippen LogP contribution in [0, 0.1) is 0 Å². The van der Waals surface area contributed by atoms with Crippen LogP contribution in [0.3, 0.4) is 0 Å². The quantitative estimate of drug-likeness (QED) is 0.740. The fourth-order valence-electron chi connectivity index (χ4n) is 1.72. The number of hydrogen-bond donors (Lipinski definition) is 3. The van der Waals surface area contributed by atoms with Crippen LogP contribution < -0.4 is 15.8 Å². The SMILES string of the molecule is CCOc1ncnc(NCc2ccc(CO)cc2)c1N. The largest absolute Gasteiger partial charge is 0.476 e. The number of aliphatic hydroxyl groups is 1. The number of anilines is 2. The Morgan fingerprint density at radius 3 is 2.55 bits per heavy atom. The summed E-state index contributed by atoms with van der Waals surface area (Å²) >= 11 is 0. The monoisotopic (exact) mass is 274 g/mol. The van der Waals surface area contributed by atoms with Crippen LogP contribution in [0.5, 0.6) is 5.88 Å². The summed E-state index contributed by atoms with van der Waals surface area (Å²) in [5.41, 5.74) is 8.29. The number of aliphatic hydroxyl groups excluding tert-OH is 1. The molecular weight excluding hydrogens is 256 g/mol. The van der Waals surface area contributed by atoms with Gasteiger partial charge in [-0.05, 0) is 18.1 Å². The molecule has 1 aromatic heterocycles. The Hall–Kier alpha value is -2.34. The minimum atomic E-state index is 0.0459. The second-order valence-electron chi connectivity index (χ2n) is 4.20. The van der Waals surface area contributed by atoms with Gasteiger partial charge in [0.2, 0.25) is 5.88 Å². The van der Waals surface area contributed by atoms with Gasteiger partial charge in [-0.1, -0.05) is 24.3 Å². The number of nitrogens with one attached hydrogen (secondary N) is 1. The lowest BCUT2D eigenvalue weighted by Crippen LogP contribution is -2.08. The number of ether oxygens (including phenoxy) is 1. The molecule has 1 heterocycles. The minimum absolute atomic E-state index is 0.0459. The highest BCUT2D eigenvalue weighted by molar-refractivity contribution is 5.66. The first-order valence-corrected chi connectivity index (χ1v) is 6.40. The van der Waals surface area contributed by atoms with Gasteiger partial charge in [0.05, 0.1) is 13.2 Å². The first-order chi connectivity index (χ1) is 9.74. The fourth-order valence-corrected chi connectivity index (χ4v) is 1.72. The molecule has 0 spiro atoms. The molecule has 0 saturated heterocycles. The Morgan fingerprint density at radius 1 is 1.20 bits per heavy atom. The van der Waals surface area contributed by atoms with Gasteiger partial charge in [0.15, 0.2) is 5.82 Å². The summed E-state index contributed by atoms with van der Waals surface area (Å²) in [6, 6.07) is 7.65. The first kappa shape index (κ1) is 14.1. The highest BCUT2D eigenvalue weighted by atomic mass is 16.5. The van der Waals surface area contributed by atoms with E-state index >= 15 is 0 Å². The summed E-state index contributed by atoms with van der Waals surface area (Å²) in [5.74, 6) is 0.940. The molecule has 0 aliphatic carbocycles. The van der Waals surface area contributed by atoms with Gasteiger partial charge in [0.1, 0.15) is 12.0 Å². The zero-order chi connectivity index (χ0) is 14.4. The molecule has 2 rings (SSSR count). The average Bonchev–Trinajstić information content (AvgIpc) is 2.49. The van der Waals surface area contributed by atoms with Gasteiger partial charge in [-0.15, -0.1) is 0 Å². The molecule has 0 fully saturated rings. The van der Waals surface area contributed by atoms with E-state index in [2.05, 4.69) is 15.3 Å². The molecule has 106 valence electrons. The third kappa shape index (κ3) is 3.36. The topological polar surface area (TPSA) is 93.3 Å². The lowest BCUT2D eigenvalue weighted by atomic mass is 10.1. The summed E-state index contributed by atoms with van der Waals surface area (Å²) in [4.78, 5) is 8.08. The van der Waals surface area contributed by atoms with E-state index in [0.717, 1.165) is 11.1 Å². The van der Waals surface area contributed by atoms with E-state index < -0.39 is 0 Å². The molecule has 4 N–H and O–H groups in total. The zero-order valence-electron chi connectivity index (χ0n) is 11.3. The van der Waals surface area contributed by atoms with Crippen LogP contribution in [0.25, 0.3) is 0 Å². The summed E-state index contributed by atoms with van der Waals surface area (Å²) < 4.78 is 5.32. The Kier molecular flexibility index (Phi) is 4.73. The van der Waals surface area contributed by atoms with Crippen LogP contribution in [-0.4, -0.2) is 21.7 Å². The van der Waals surface area contributed by atoms with Crippen LogP contribution in [0.15, 0.2) is 30.6 Å². The molecule has 0 saturated carbocycles. The van der Waals surface area contributed by atoms with Crippen molar-refractivity contribution in [2.45, 2.75) is 20.1 Å². The van der Waals surface area contributed by atoms with E-state index in [1.54, 1.807) is 0 Å². The van der Waals surface area contributed by atoms with Gasteiger partial charge >= 0.3 is 0 Å². The number of benzene rings is 1. The maximum atomic E-state index is 8.99. The van der Waals surface area contributed by atoms with E-state index in [1.165, 1.54) is 6.33 Å². The summed E-state index contributed by atoms with van der Waals surface area (Å²) in [5, 5.41) is 12.1. The number of rotatable bonds is 6. The molecular formula is C14H18N4O2. The van der Waals surface area contributed by atoms with E-state index in [4.69, 9.17) is 15.6 Å². The van der Waals surface area contributed by atoms with E-state index in [-0.39, 0.29) is 6.61 Å². The van der Waals surface area contributed by atoms with Crippen LogP contribution in [0.2, 0.25) is 0 Å². The molecule has 0 amide bonds. The van der Waals surface area contributed by atoms with Crippen molar-refractivity contribution in [3.63, 3.8) is 0 Å². The Bertz CT molecular complexity index is 558. The number of aromatic nitrogens is 2. The van der Waals surface area contributed by atoms with Gasteiger partial charge in [-0.2, -0.15) is 4.98 Å². The average molecular weight is 274 g/mol. The van der Waals surface area contributed by atoms with Crippen molar-refractivity contribution in [3.05, 3.63) is 41.7 Å². The predicted molar refractivity (Wildman–Crippen MR) is 77.3 cm³/mol. The number of hydrogen-bond acceptors (Lipinski definition) is 6. The Labute approximate surface area is 117 Å². The van der Waals surface area contributed by atoms with Crippen LogP contribution >= 0.6 is 0 Å². The fraction of sp³-hybridized carbons (Fsp3) is 0.286. The van der Waals surface area contributed by atoms with Crippen molar-refractivity contribution in [2.24, 2.45) is 0 Å². The van der Waals surface area contributed by atoms with Gasteiger partial charge in [0, 0.05) is 6.54 Å². The predicted octanol–water partition coefficient (Wildman–Crippen LogP) is 1.56. The van der Waals surface area contributed by atoms with Crippen molar-refractivity contribution in [3.8, 4) is 5.88 Å². The first-order valence-electron chi connectivity index (χ1n) is 6.40.